The van der Waals surface area contributed by atoms with E-state index < -0.39 is 6.10 Å². The summed E-state index contributed by atoms with van der Waals surface area (Å²) in [6, 6.07) is 17.0. The SMILES string of the molecule is COc1cc(OC)c(OC)cc1/C=C/C(=O)N(CC(O)COc1cccc2ccccc12)C(C)C. The third-order valence-electron chi connectivity index (χ3n) is 5.64. The summed E-state index contributed by atoms with van der Waals surface area (Å²) in [7, 11) is 4.64. The van der Waals surface area contributed by atoms with Gasteiger partial charge in [-0.15, -0.1) is 0 Å². The normalized spacial score (nSPS) is 12.1. The number of rotatable bonds is 11. The lowest BCUT2D eigenvalue weighted by atomic mass is 10.1. The molecule has 0 aromatic heterocycles. The van der Waals surface area contributed by atoms with Gasteiger partial charge in [-0.1, -0.05) is 36.4 Å². The maximum atomic E-state index is 13.0. The Kier molecular flexibility index (Phi) is 8.98. The van der Waals surface area contributed by atoms with Gasteiger partial charge >= 0.3 is 0 Å². The predicted octanol–water partition coefficient (Wildman–Crippen LogP) is 4.56. The Morgan fingerprint density at radius 2 is 1.57 bits per heavy atom. The van der Waals surface area contributed by atoms with Crippen LogP contribution in [-0.2, 0) is 4.79 Å². The van der Waals surface area contributed by atoms with Gasteiger partial charge in [-0.3, -0.25) is 4.79 Å². The van der Waals surface area contributed by atoms with Crippen LogP contribution in [0.1, 0.15) is 19.4 Å². The summed E-state index contributed by atoms with van der Waals surface area (Å²) >= 11 is 0. The van der Waals surface area contributed by atoms with Crippen molar-refractivity contribution in [1.82, 2.24) is 4.90 Å². The van der Waals surface area contributed by atoms with Crippen molar-refractivity contribution in [2.45, 2.75) is 26.0 Å². The summed E-state index contributed by atoms with van der Waals surface area (Å²) in [5.74, 6) is 2.07. The lowest BCUT2D eigenvalue weighted by Gasteiger charge is -2.28. The van der Waals surface area contributed by atoms with Crippen LogP contribution in [0.2, 0.25) is 0 Å². The first-order valence-electron chi connectivity index (χ1n) is 11.4. The Balaban J connectivity index is 1.69. The predicted molar refractivity (Wildman–Crippen MR) is 137 cm³/mol. The molecule has 0 heterocycles. The number of carbonyl (C=O) groups is 1. The van der Waals surface area contributed by atoms with Crippen LogP contribution in [0.3, 0.4) is 0 Å². The zero-order valence-electron chi connectivity index (χ0n) is 20.9. The minimum absolute atomic E-state index is 0.0672. The number of hydrogen-bond acceptors (Lipinski definition) is 6. The average molecular weight is 480 g/mol. The van der Waals surface area contributed by atoms with E-state index in [1.165, 1.54) is 6.08 Å². The maximum absolute atomic E-state index is 13.0. The van der Waals surface area contributed by atoms with Gasteiger partial charge in [0, 0.05) is 29.1 Å². The largest absolute Gasteiger partial charge is 0.496 e. The highest BCUT2D eigenvalue weighted by Crippen LogP contribution is 2.35. The molecule has 3 aromatic rings. The number of methoxy groups -OCH3 is 3. The van der Waals surface area contributed by atoms with E-state index in [-0.39, 0.29) is 25.1 Å². The fourth-order valence-electron chi connectivity index (χ4n) is 3.78. The molecule has 0 saturated carbocycles. The van der Waals surface area contributed by atoms with Gasteiger partial charge in [-0.05, 0) is 37.4 Å². The van der Waals surface area contributed by atoms with Crippen molar-refractivity contribution in [2.75, 3.05) is 34.5 Å². The van der Waals surface area contributed by atoms with E-state index in [1.54, 1.807) is 44.4 Å². The Hall–Kier alpha value is -3.71. The van der Waals surface area contributed by atoms with Crippen molar-refractivity contribution >= 4 is 22.8 Å². The second kappa shape index (κ2) is 12.1. The topological polar surface area (TPSA) is 77.5 Å². The van der Waals surface area contributed by atoms with E-state index in [4.69, 9.17) is 18.9 Å². The van der Waals surface area contributed by atoms with Crippen LogP contribution in [0.4, 0.5) is 0 Å². The summed E-state index contributed by atoms with van der Waals surface area (Å²) in [5, 5.41) is 12.7. The Bertz CT molecular complexity index is 1170. The van der Waals surface area contributed by atoms with Crippen LogP contribution in [-0.4, -0.2) is 62.5 Å². The van der Waals surface area contributed by atoms with Crippen molar-refractivity contribution in [3.05, 3.63) is 66.2 Å². The highest BCUT2D eigenvalue weighted by molar-refractivity contribution is 5.92. The Labute approximate surface area is 206 Å². The molecule has 0 aliphatic rings. The number of hydrogen-bond donors (Lipinski definition) is 1. The smallest absolute Gasteiger partial charge is 0.246 e. The molecule has 0 saturated heterocycles. The monoisotopic (exact) mass is 479 g/mol. The number of aliphatic hydroxyl groups is 1. The van der Waals surface area contributed by atoms with Gasteiger partial charge in [0.2, 0.25) is 5.91 Å². The lowest BCUT2D eigenvalue weighted by Crippen LogP contribution is -2.43. The van der Waals surface area contributed by atoms with E-state index >= 15 is 0 Å². The minimum atomic E-state index is -0.857. The average Bonchev–Trinajstić information content (AvgIpc) is 2.88. The van der Waals surface area contributed by atoms with Gasteiger partial charge in [-0.25, -0.2) is 0 Å². The van der Waals surface area contributed by atoms with E-state index in [2.05, 4.69) is 0 Å². The van der Waals surface area contributed by atoms with E-state index in [0.29, 0.717) is 28.6 Å². The molecule has 35 heavy (non-hydrogen) atoms. The van der Waals surface area contributed by atoms with Gasteiger partial charge in [0.1, 0.15) is 24.2 Å². The minimum Gasteiger partial charge on any atom is -0.496 e. The van der Waals surface area contributed by atoms with Crippen molar-refractivity contribution in [2.24, 2.45) is 0 Å². The zero-order valence-corrected chi connectivity index (χ0v) is 20.9. The highest BCUT2D eigenvalue weighted by Gasteiger charge is 2.20. The second-order valence-electron chi connectivity index (χ2n) is 8.31. The Morgan fingerprint density at radius 3 is 2.26 bits per heavy atom. The van der Waals surface area contributed by atoms with Gasteiger partial charge in [0.05, 0.1) is 27.9 Å². The second-order valence-corrected chi connectivity index (χ2v) is 8.31. The lowest BCUT2D eigenvalue weighted by molar-refractivity contribution is -0.129. The molecule has 0 aliphatic carbocycles. The van der Waals surface area contributed by atoms with Crippen LogP contribution in [0.25, 0.3) is 16.8 Å². The third-order valence-corrected chi connectivity index (χ3v) is 5.64. The van der Waals surface area contributed by atoms with Crippen LogP contribution in [0.15, 0.2) is 60.7 Å². The zero-order chi connectivity index (χ0) is 25.4. The van der Waals surface area contributed by atoms with E-state index in [1.807, 2.05) is 56.3 Å². The standard InChI is InChI=1S/C28H33NO6/c1-19(2)29(17-22(30)18-35-24-12-8-10-20-9-6-7-11-23(20)24)28(31)14-13-21-15-26(33-4)27(34-5)16-25(21)32-3/h6-16,19,22,30H,17-18H2,1-5H3/b14-13+. The number of carbonyl (C=O) groups excluding carboxylic acids is 1. The van der Waals surface area contributed by atoms with Crippen LogP contribution in [0.5, 0.6) is 23.0 Å². The van der Waals surface area contributed by atoms with Gasteiger partial charge in [0.15, 0.2) is 11.5 Å². The molecule has 1 atom stereocenters. The molecule has 0 spiro atoms. The van der Waals surface area contributed by atoms with Gasteiger partial charge in [0.25, 0.3) is 0 Å². The molecule has 1 N–H and O–H groups in total. The molecule has 186 valence electrons. The molecule has 0 fully saturated rings. The van der Waals surface area contributed by atoms with Crippen LogP contribution in [0, 0.1) is 0 Å². The molecule has 0 bridgehead atoms. The highest BCUT2D eigenvalue weighted by atomic mass is 16.5. The first kappa shape index (κ1) is 25.9. The van der Waals surface area contributed by atoms with Crippen LogP contribution >= 0.6 is 0 Å². The molecule has 0 radical (unpaired) electrons. The molecule has 3 rings (SSSR count). The van der Waals surface area contributed by atoms with E-state index in [9.17, 15) is 9.90 Å². The van der Waals surface area contributed by atoms with Crippen LogP contribution < -0.4 is 18.9 Å². The molecule has 7 heteroatoms. The van der Waals surface area contributed by atoms with E-state index in [0.717, 1.165) is 10.8 Å². The fraction of sp³-hybridized carbons (Fsp3) is 0.321. The number of aliphatic hydroxyl groups excluding tert-OH is 1. The molecular formula is C28H33NO6. The van der Waals surface area contributed by atoms with Crippen molar-refractivity contribution < 1.29 is 28.8 Å². The van der Waals surface area contributed by atoms with Gasteiger partial charge < -0.3 is 29.0 Å². The Morgan fingerprint density at radius 1 is 0.914 bits per heavy atom. The molecule has 1 unspecified atom stereocenters. The number of nitrogens with zero attached hydrogens (tertiary/aromatic N) is 1. The summed E-state index contributed by atoms with van der Waals surface area (Å²) in [5.41, 5.74) is 0.669. The molecular weight excluding hydrogens is 446 g/mol. The van der Waals surface area contributed by atoms with Gasteiger partial charge in [-0.2, -0.15) is 0 Å². The maximum Gasteiger partial charge on any atom is 0.246 e. The molecule has 3 aromatic carbocycles. The first-order valence-corrected chi connectivity index (χ1v) is 11.4. The third kappa shape index (κ3) is 6.45. The summed E-state index contributed by atoms with van der Waals surface area (Å²) in [4.78, 5) is 14.6. The van der Waals surface area contributed by atoms with Crippen molar-refractivity contribution in [3.8, 4) is 23.0 Å². The molecule has 1 amide bonds. The van der Waals surface area contributed by atoms with Crippen molar-refractivity contribution in [1.29, 1.82) is 0 Å². The number of fused-ring (bicyclic) bond motifs is 1. The number of ether oxygens (including phenoxy) is 4. The summed E-state index contributed by atoms with van der Waals surface area (Å²) in [6.45, 7) is 4.01. The first-order chi connectivity index (χ1) is 16.9. The number of amides is 1. The quantitative estimate of drug-likeness (QED) is 0.407. The fourth-order valence-corrected chi connectivity index (χ4v) is 3.78. The molecule has 7 nitrogen and oxygen atoms in total. The molecule has 0 aliphatic heterocycles. The number of benzene rings is 3. The van der Waals surface area contributed by atoms with Crippen molar-refractivity contribution in [3.63, 3.8) is 0 Å². The summed E-state index contributed by atoms with van der Waals surface area (Å²) < 4.78 is 22.0. The summed E-state index contributed by atoms with van der Waals surface area (Å²) in [6.07, 6.45) is 2.27.